The molecule has 80 heavy (non-hydrogen) atoms. The van der Waals surface area contributed by atoms with Gasteiger partial charge in [0.25, 0.3) is 0 Å². The molecule has 4 aliphatic heterocycles. The first-order valence-electron chi connectivity index (χ1n) is 24.5. The molecule has 2 saturated carbocycles. The highest BCUT2D eigenvalue weighted by atomic mass is 19.4. The Hall–Kier alpha value is -4.17. The fourth-order valence-electron chi connectivity index (χ4n) is 8.19. The lowest BCUT2D eigenvalue weighted by molar-refractivity contribution is -0.146. The highest BCUT2D eigenvalue weighted by molar-refractivity contribution is 7.37. The number of β-amino-alcohol motifs (C(OH)–C–C–N with tert-alkyl or cyclic N) is 1. The predicted molar refractivity (Wildman–Crippen MR) is 305 cm³/mol. The van der Waals surface area contributed by atoms with E-state index in [0.717, 1.165) is 50.5 Å². The van der Waals surface area contributed by atoms with Crippen molar-refractivity contribution in [1.29, 1.82) is 0 Å². The van der Waals surface area contributed by atoms with E-state index in [2.05, 4.69) is 37.0 Å². The molecule has 0 aromatic carbocycles. The van der Waals surface area contributed by atoms with E-state index in [1.807, 2.05) is 27.7 Å². The van der Waals surface area contributed by atoms with E-state index in [1.165, 1.54) is 45.5 Å². The maximum absolute atomic E-state index is 11.1. The molecule has 6 radical (unpaired) electrons. The average molecular weight is 1160 g/mol. The standard InChI is InChI=1S/C7H12N2O3.C7H12O3.C6H10N2O4.C6H12N2O2.C6H14N2O.C6H10O3.C4H10O.4CH4.B4.BF3.H2O/c1-5-3-6(7(10)12-2)9(4-5)8-11;1-10-7(9)5-2-3-6(8)4-5;1-12-6(10)5-2-4(9)3-8(5)7-11;1-5-2-6(4-9)8(3-5)7-10;1-5-2-6(4-9)8(7)3-5;7-5-2-1-4(3-5)6(8)9;1-3-5-4-2;;;;;1-3-4-2;2-1(3)4;/h5-6H,3-4H2,1-2H3;5-6,8H,2-4H2,1H3;4-5,9H,2-3H2,1H3;5-6,9H,2-4H2,1H3;5-6,9H,2-4,7H2,1H3;4-5,7H,1-3H2,(H,8,9);3-4H2,1-2H3;4*1H4;;;1H2/t5-,6+;5-,6-;4-,5+;2*5-,6+;4-,5-;;;;;;;;/m101110......../s1. The summed E-state index contributed by atoms with van der Waals surface area (Å²) in [5.41, 5.74) is 0. The number of rotatable bonds is 12. The van der Waals surface area contributed by atoms with Crippen LogP contribution in [0.15, 0.2) is 15.9 Å². The van der Waals surface area contributed by atoms with Crippen molar-refractivity contribution in [2.75, 3.05) is 73.9 Å². The van der Waals surface area contributed by atoms with Crippen LogP contribution in [-0.4, -0.2) is 234 Å². The average Bonchev–Trinajstić information content (AvgIpc) is 4.27. The zero-order valence-corrected chi connectivity index (χ0v) is 45.1. The molecular weight excluding hydrogens is 1060 g/mol. The molecule has 4 saturated heterocycles. The summed E-state index contributed by atoms with van der Waals surface area (Å²) in [6, 6.07) is -1.02. The van der Waals surface area contributed by atoms with Crippen molar-refractivity contribution in [3.63, 3.8) is 0 Å². The summed E-state index contributed by atoms with van der Waals surface area (Å²) >= 11 is 0. The third-order valence-corrected chi connectivity index (χ3v) is 11.9. The minimum atomic E-state index is -3.67. The maximum atomic E-state index is 11.1. The molecule has 26 nitrogen and oxygen atoms in total. The molecule has 4 heterocycles. The van der Waals surface area contributed by atoms with Crippen LogP contribution in [0.3, 0.4) is 0 Å². The largest absolute Gasteiger partial charge is 0.762 e. The molecule has 0 amide bonds. The number of aliphatic carboxylic acids is 1. The number of esters is 3. The van der Waals surface area contributed by atoms with Gasteiger partial charge >= 0.3 is 31.4 Å². The Morgan fingerprint density at radius 3 is 1.23 bits per heavy atom. The van der Waals surface area contributed by atoms with Crippen LogP contribution < -0.4 is 5.84 Å². The molecule has 0 spiro atoms. The Labute approximate surface area is 478 Å². The van der Waals surface area contributed by atoms with Gasteiger partial charge in [-0.15, -0.1) is 14.7 Å². The minimum absolute atomic E-state index is 0. The lowest BCUT2D eigenvalue weighted by atomic mass is 9.19. The van der Waals surface area contributed by atoms with Gasteiger partial charge in [0.15, 0.2) is 6.04 Å². The van der Waals surface area contributed by atoms with Crippen LogP contribution in [0.1, 0.15) is 129 Å². The lowest BCUT2D eigenvalue weighted by Crippen LogP contribution is -2.38. The molecule has 2 aliphatic carbocycles. The second-order valence-electron chi connectivity index (χ2n) is 18.1. The number of nitrogens with zero attached hydrogens (tertiary/aromatic N) is 7. The molecule has 0 bridgehead atoms. The van der Waals surface area contributed by atoms with E-state index in [0.29, 0.717) is 62.9 Å². The first-order chi connectivity index (χ1) is 35.4. The van der Waals surface area contributed by atoms with Gasteiger partial charge in [-0.1, -0.05) is 50.5 Å². The number of carboxylic acids is 1. The van der Waals surface area contributed by atoms with Crippen LogP contribution in [0, 0.1) is 44.3 Å². The van der Waals surface area contributed by atoms with Gasteiger partial charge in [0, 0.05) is 74.9 Å². The molecule has 6 fully saturated rings. The van der Waals surface area contributed by atoms with Crippen molar-refractivity contribution in [1.82, 2.24) is 20.0 Å². The number of aliphatic hydroxyl groups is 5. The molecular formula is C46H98B5F3N8O18. The van der Waals surface area contributed by atoms with Crippen LogP contribution in [0.25, 0.3) is 0 Å². The van der Waals surface area contributed by atoms with Crippen LogP contribution in [0.2, 0.25) is 0 Å². The Balaban J connectivity index is -0.000000123. The monoisotopic (exact) mass is 1160 g/mol. The van der Waals surface area contributed by atoms with E-state index >= 15 is 0 Å². The summed E-state index contributed by atoms with van der Waals surface area (Å²) in [4.78, 5) is 73.6. The molecule has 12 atom stereocenters. The van der Waals surface area contributed by atoms with Gasteiger partial charge in [-0.3, -0.25) is 33.4 Å². The minimum Gasteiger partial charge on any atom is -0.481 e. The normalized spacial score (nSPS) is 26.0. The Morgan fingerprint density at radius 1 is 0.588 bits per heavy atom. The van der Waals surface area contributed by atoms with Crippen molar-refractivity contribution < 1.29 is 87.2 Å². The summed E-state index contributed by atoms with van der Waals surface area (Å²) in [6.45, 7) is 14.3. The number of hydrogen-bond acceptors (Lipinski definition) is 21. The molecule has 6 rings (SSSR count). The lowest BCUT2D eigenvalue weighted by Gasteiger charge is -2.14. The van der Waals surface area contributed by atoms with Gasteiger partial charge in [0.05, 0.1) is 93.1 Å². The molecule has 34 heteroatoms. The number of ether oxygens (including phenoxy) is 4. The number of carbonyl (C=O) groups is 4. The molecule has 10 N–H and O–H groups in total. The van der Waals surface area contributed by atoms with E-state index in [-0.39, 0.29) is 109 Å². The van der Waals surface area contributed by atoms with E-state index < -0.39 is 37.7 Å². The van der Waals surface area contributed by atoms with Gasteiger partial charge in [-0.2, -0.15) is 0 Å². The third-order valence-electron chi connectivity index (χ3n) is 11.9. The number of hydrogen-bond donors (Lipinski definition) is 7. The molecule has 0 aromatic heterocycles. The molecule has 466 valence electrons. The summed E-state index contributed by atoms with van der Waals surface area (Å²) in [5, 5.41) is 66.5. The summed E-state index contributed by atoms with van der Waals surface area (Å²) < 4.78 is 47.3. The van der Waals surface area contributed by atoms with Crippen molar-refractivity contribution in [3.05, 3.63) is 14.7 Å². The number of carboxylic acid groups (broad SMARTS) is 1. The number of nitroso groups, excluding NO2 is 3. The van der Waals surface area contributed by atoms with Crippen LogP contribution in [0.4, 0.5) is 12.9 Å². The highest BCUT2D eigenvalue weighted by Gasteiger charge is 2.38. The highest BCUT2D eigenvalue weighted by Crippen LogP contribution is 2.27. The third kappa shape index (κ3) is 41.8. The van der Waals surface area contributed by atoms with Crippen LogP contribution >= 0.6 is 0 Å². The summed E-state index contributed by atoms with van der Waals surface area (Å²) in [7, 11) is 12.3. The zero-order chi connectivity index (χ0) is 58.2. The predicted octanol–water partition coefficient (Wildman–Crippen LogP) is 2.43. The molecule has 6 aliphatic rings. The molecule has 0 unspecified atom stereocenters. The first-order valence-corrected chi connectivity index (χ1v) is 24.5. The van der Waals surface area contributed by atoms with Gasteiger partial charge in [-0.05, 0) is 89.4 Å². The Bertz CT molecular complexity index is 1520. The fraction of sp³-hybridized carbons (Fsp3) is 0.913. The number of aliphatic hydroxyl groups excluding tert-OH is 5. The number of nitrogens with two attached hydrogens (primary N) is 1. The fourth-order valence-corrected chi connectivity index (χ4v) is 8.19. The second kappa shape index (κ2) is 55.4. The topological polar surface area (TPSA) is 385 Å². The number of halogens is 3. The van der Waals surface area contributed by atoms with Crippen molar-refractivity contribution in [2.24, 2.45) is 51.3 Å². The quantitative estimate of drug-likeness (QED) is 0.0485. The smallest absolute Gasteiger partial charge is 0.481 e. The Kier molecular flexibility index (Phi) is 63.9. The zero-order valence-electron chi connectivity index (χ0n) is 45.1. The summed E-state index contributed by atoms with van der Waals surface area (Å²) in [5.74, 6) is 4.79. The van der Waals surface area contributed by atoms with Gasteiger partial charge in [0.1, 0.15) is 6.04 Å². The van der Waals surface area contributed by atoms with Crippen molar-refractivity contribution >= 4 is 61.0 Å². The van der Waals surface area contributed by atoms with Gasteiger partial charge in [-0.25, -0.2) is 24.6 Å². The van der Waals surface area contributed by atoms with Crippen LogP contribution in [-0.2, 0) is 38.1 Å². The summed E-state index contributed by atoms with van der Waals surface area (Å²) in [6.07, 6.45) is 5.25. The SMILES string of the molecule is C.C.C.C.CCOCC.COC(=O)[C@@H]1C[C@@H](C)CN1N=O.COC(=O)[C@@H]1C[C@@H](O)CN1N=O.COC(=O)[C@H]1CC[C@H](O)C1.C[C@@H]1C[C@@H](CO)N(N)C1.C[C@@H]1C[C@@H](CO)N(N=O)C1.FB(F)F.O.O=C(O)[C@H]1CC[C@H](O)C1.[B][B][B][B]. The van der Waals surface area contributed by atoms with Gasteiger partial charge in [0.2, 0.25) is 0 Å². The van der Waals surface area contributed by atoms with Gasteiger partial charge < -0.3 is 55.1 Å². The molecule has 0 aromatic rings. The Morgan fingerprint density at radius 2 is 0.950 bits per heavy atom. The number of carbonyl (C=O) groups excluding carboxylic acids is 3. The van der Waals surface area contributed by atoms with E-state index in [9.17, 15) is 46.8 Å². The van der Waals surface area contributed by atoms with E-state index in [4.69, 9.17) is 56.7 Å². The number of methoxy groups -OCH3 is 3. The second-order valence-corrected chi connectivity index (χ2v) is 18.1. The van der Waals surface area contributed by atoms with Crippen LogP contribution in [0.5, 0.6) is 0 Å². The maximum Gasteiger partial charge on any atom is 0.762 e. The van der Waals surface area contributed by atoms with Crippen molar-refractivity contribution in [2.45, 2.75) is 171 Å². The first kappa shape index (κ1) is 92.3. The van der Waals surface area contributed by atoms with Crippen molar-refractivity contribution in [3.8, 4) is 0 Å². The van der Waals surface area contributed by atoms with E-state index in [1.54, 1.807) is 5.01 Å². The number of hydrazine groups is 1.